The zero-order valence-corrected chi connectivity index (χ0v) is 14.4. The molecular weight excluding hydrogens is 346 g/mol. The van der Waals surface area contributed by atoms with E-state index in [1.54, 1.807) is 43.6 Å². The van der Waals surface area contributed by atoms with Crippen molar-refractivity contribution in [2.24, 2.45) is 7.05 Å². The molecule has 0 spiro atoms. The smallest absolute Gasteiger partial charge is 0.274 e. The number of nitrogens with zero attached hydrogens (tertiary/aromatic N) is 6. The summed E-state index contributed by atoms with van der Waals surface area (Å²) in [6.07, 6.45) is 4.51. The molecule has 0 aliphatic carbocycles. The fourth-order valence-electron chi connectivity index (χ4n) is 2.85. The molecule has 1 amide bonds. The molecule has 4 rings (SSSR count). The molecule has 0 atom stereocenters. The molecule has 1 N–H and O–H groups in total. The summed E-state index contributed by atoms with van der Waals surface area (Å²) in [6.45, 7) is 0. The Hall–Kier alpha value is -3.88. The van der Waals surface area contributed by atoms with Crippen LogP contribution in [0.25, 0.3) is 16.6 Å². The normalized spacial score (nSPS) is 10.9. The molecule has 3 heterocycles. The second kappa shape index (κ2) is 6.79. The first kappa shape index (κ1) is 16.6. The highest BCUT2D eigenvalue weighted by molar-refractivity contribution is 5.96. The van der Waals surface area contributed by atoms with E-state index in [0.29, 0.717) is 28.0 Å². The first-order chi connectivity index (χ1) is 13.1. The first-order valence-corrected chi connectivity index (χ1v) is 8.18. The van der Waals surface area contributed by atoms with Crippen molar-refractivity contribution >= 4 is 22.4 Å². The number of pyridine rings is 1. The van der Waals surface area contributed by atoms with Crippen LogP contribution in [0.1, 0.15) is 5.69 Å². The number of fused-ring (bicyclic) bond motifs is 1. The molecule has 4 aromatic rings. The van der Waals surface area contributed by atoms with Crippen LogP contribution in [-0.4, -0.2) is 35.4 Å². The van der Waals surface area contributed by atoms with E-state index >= 15 is 0 Å². The third-order valence-corrected chi connectivity index (χ3v) is 4.06. The van der Waals surface area contributed by atoms with Gasteiger partial charge in [0, 0.05) is 18.6 Å². The number of hydrogen-bond donors (Lipinski definition) is 1. The highest BCUT2D eigenvalue weighted by Gasteiger charge is 2.14. The van der Waals surface area contributed by atoms with E-state index in [1.165, 1.54) is 22.0 Å². The van der Waals surface area contributed by atoms with Gasteiger partial charge in [-0.25, -0.2) is 19.3 Å². The Morgan fingerprint density at radius 2 is 1.96 bits per heavy atom. The summed E-state index contributed by atoms with van der Waals surface area (Å²) >= 11 is 0. The monoisotopic (exact) mass is 361 g/mol. The summed E-state index contributed by atoms with van der Waals surface area (Å²) in [6, 6.07) is 10.6. The number of amides is 1. The zero-order valence-electron chi connectivity index (χ0n) is 14.4. The van der Waals surface area contributed by atoms with Gasteiger partial charge in [0.05, 0.1) is 23.2 Å². The Labute approximate surface area is 153 Å². The lowest BCUT2D eigenvalue weighted by molar-refractivity contribution is -0.115. The van der Waals surface area contributed by atoms with Gasteiger partial charge >= 0.3 is 0 Å². The third kappa shape index (κ3) is 3.17. The molecule has 134 valence electrons. The van der Waals surface area contributed by atoms with Crippen LogP contribution in [0.3, 0.4) is 0 Å². The fraction of sp³-hybridized carbons (Fsp3) is 0.111. The topological polar surface area (TPSA) is 108 Å². The minimum Gasteiger partial charge on any atom is -0.323 e. The molecule has 9 nitrogen and oxygen atoms in total. The van der Waals surface area contributed by atoms with Crippen molar-refractivity contribution in [1.82, 2.24) is 29.5 Å². The second-order valence-electron chi connectivity index (χ2n) is 5.86. The molecule has 9 heteroatoms. The highest BCUT2D eigenvalue weighted by Crippen LogP contribution is 2.17. The predicted octanol–water partition coefficient (Wildman–Crippen LogP) is 1.09. The van der Waals surface area contributed by atoms with Crippen LogP contribution in [-0.2, 0) is 18.3 Å². The van der Waals surface area contributed by atoms with Gasteiger partial charge in [0.2, 0.25) is 5.91 Å². The van der Waals surface area contributed by atoms with Crippen molar-refractivity contribution in [3.8, 4) is 5.82 Å². The van der Waals surface area contributed by atoms with Crippen LogP contribution in [0.15, 0.2) is 60.0 Å². The third-order valence-electron chi connectivity index (χ3n) is 4.06. The largest absolute Gasteiger partial charge is 0.323 e. The Kier molecular flexibility index (Phi) is 4.17. The van der Waals surface area contributed by atoms with E-state index in [-0.39, 0.29) is 17.9 Å². The highest BCUT2D eigenvalue weighted by atomic mass is 16.1. The average Bonchev–Trinajstić information content (AvgIpc) is 3.21. The van der Waals surface area contributed by atoms with Crippen molar-refractivity contribution in [3.05, 3.63) is 71.3 Å². The summed E-state index contributed by atoms with van der Waals surface area (Å²) in [7, 11) is 1.57. The molecule has 0 saturated heterocycles. The number of hydrogen-bond acceptors (Lipinski definition) is 6. The lowest BCUT2D eigenvalue weighted by atomic mass is 10.1. The Bertz CT molecular complexity index is 1180. The van der Waals surface area contributed by atoms with Gasteiger partial charge in [0.25, 0.3) is 5.56 Å². The SMILES string of the molecule is Cn1nc(CC(=O)Nc2cccnc2-n2cncn2)c2ccccc2c1=O. The number of aryl methyl sites for hydroxylation is 1. The summed E-state index contributed by atoms with van der Waals surface area (Å²) in [5.41, 5.74) is 0.828. The number of rotatable bonds is 4. The lowest BCUT2D eigenvalue weighted by Gasteiger charge is -2.11. The lowest BCUT2D eigenvalue weighted by Crippen LogP contribution is -2.24. The quantitative estimate of drug-likeness (QED) is 0.583. The number of carbonyl (C=O) groups is 1. The van der Waals surface area contributed by atoms with Crippen molar-refractivity contribution in [2.75, 3.05) is 5.32 Å². The number of benzene rings is 1. The van der Waals surface area contributed by atoms with Crippen LogP contribution in [0.5, 0.6) is 0 Å². The molecule has 3 aromatic heterocycles. The Morgan fingerprint density at radius 3 is 2.74 bits per heavy atom. The van der Waals surface area contributed by atoms with Gasteiger partial charge in [-0.05, 0) is 18.2 Å². The van der Waals surface area contributed by atoms with E-state index < -0.39 is 0 Å². The summed E-state index contributed by atoms with van der Waals surface area (Å²) < 4.78 is 2.71. The number of nitrogens with one attached hydrogen (secondary N) is 1. The molecule has 0 unspecified atom stereocenters. The molecular formula is C18H15N7O2. The fourth-order valence-corrected chi connectivity index (χ4v) is 2.85. The maximum absolute atomic E-state index is 12.6. The van der Waals surface area contributed by atoms with Crippen LogP contribution >= 0.6 is 0 Å². The van der Waals surface area contributed by atoms with Gasteiger partial charge in [0.1, 0.15) is 12.7 Å². The minimum absolute atomic E-state index is 0.0142. The minimum atomic E-state index is -0.277. The number of aromatic nitrogens is 6. The molecule has 0 bridgehead atoms. The average molecular weight is 361 g/mol. The van der Waals surface area contributed by atoms with Crippen molar-refractivity contribution < 1.29 is 4.79 Å². The van der Waals surface area contributed by atoms with E-state index in [9.17, 15) is 9.59 Å². The van der Waals surface area contributed by atoms with Gasteiger partial charge in [-0.1, -0.05) is 18.2 Å². The first-order valence-electron chi connectivity index (χ1n) is 8.18. The molecule has 0 saturated carbocycles. The van der Waals surface area contributed by atoms with Gasteiger partial charge in [0.15, 0.2) is 5.82 Å². The maximum atomic E-state index is 12.6. The standard InChI is InChI=1S/C18H15N7O2/c1-24-18(27)13-6-3-2-5-12(13)15(23-24)9-16(26)22-14-7-4-8-20-17(14)25-11-19-10-21-25/h2-8,10-11H,9H2,1H3,(H,22,26). The van der Waals surface area contributed by atoms with E-state index in [0.717, 1.165) is 0 Å². The van der Waals surface area contributed by atoms with Crippen LogP contribution < -0.4 is 10.9 Å². The van der Waals surface area contributed by atoms with Crippen molar-refractivity contribution in [1.29, 1.82) is 0 Å². The van der Waals surface area contributed by atoms with E-state index in [4.69, 9.17) is 0 Å². The Balaban J connectivity index is 1.65. The van der Waals surface area contributed by atoms with Gasteiger partial charge in [-0.2, -0.15) is 10.2 Å². The second-order valence-corrected chi connectivity index (χ2v) is 5.86. The molecule has 1 aromatic carbocycles. The molecule has 0 radical (unpaired) electrons. The van der Waals surface area contributed by atoms with Crippen molar-refractivity contribution in [2.45, 2.75) is 6.42 Å². The number of carbonyl (C=O) groups excluding carboxylic acids is 1. The molecule has 0 fully saturated rings. The molecule has 0 aliphatic rings. The van der Waals surface area contributed by atoms with Gasteiger partial charge in [-0.3, -0.25) is 9.59 Å². The van der Waals surface area contributed by atoms with Crippen LogP contribution in [0.2, 0.25) is 0 Å². The van der Waals surface area contributed by atoms with Gasteiger partial charge < -0.3 is 5.32 Å². The maximum Gasteiger partial charge on any atom is 0.274 e. The summed E-state index contributed by atoms with van der Waals surface area (Å²) in [5, 5.41) is 12.3. The van der Waals surface area contributed by atoms with E-state index in [2.05, 4.69) is 25.5 Å². The zero-order chi connectivity index (χ0) is 18.8. The number of anilines is 1. The van der Waals surface area contributed by atoms with E-state index in [1.807, 2.05) is 6.07 Å². The van der Waals surface area contributed by atoms with Crippen LogP contribution in [0.4, 0.5) is 5.69 Å². The summed E-state index contributed by atoms with van der Waals surface area (Å²) in [5.74, 6) is 0.183. The molecule has 0 aliphatic heterocycles. The predicted molar refractivity (Wildman–Crippen MR) is 98.5 cm³/mol. The Morgan fingerprint density at radius 1 is 1.15 bits per heavy atom. The van der Waals surface area contributed by atoms with Gasteiger partial charge in [-0.15, -0.1) is 0 Å². The molecule has 27 heavy (non-hydrogen) atoms. The summed E-state index contributed by atoms with van der Waals surface area (Å²) in [4.78, 5) is 33.0. The van der Waals surface area contributed by atoms with Crippen LogP contribution in [0, 0.1) is 0 Å². The van der Waals surface area contributed by atoms with Crippen molar-refractivity contribution in [3.63, 3.8) is 0 Å².